The molecule has 0 bridgehead atoms. The van der Waals surface area contributed by atoms with E-state index in [1.54, 1.807) is 0 Å². The lowest BCUT2D eigenvalue weighted by Gasteiger charge is -2.28. The zero-order valence-electron chi connectivity index (χ0n) is 13.3. The number of rotatable bonds is 3. The number of aromatic nitrogens is 4. The molecule has 1 aliphatic heterocycles. The highest BCUT2D eigenvalue weighted by Crippen LogP contribution is 2.20. The first-order valence-electron chi connectivity index (χ1n) is 7.59. The first kappa shape index (κ1) is 14.2. The third-order valence-corrected chi connectivity index (χ3v) is 4.03. The Bertz CT molecular complexity index is 644. The molecule has 0 spiro atoms. The van der Waals surface area contributed by atoms with E-state index in [4.69, 9.17) is 4.98 Å². The molecule has 5 heteroatoms. The van der Waals surface area contributed by atoms with Gasteiger partial charge in [-0.05, 0) is 13.0 Å². The van der Waals surface area contributed by atoms with Crippen LogP contribution in [0.15, 0.2) is 12.3 Å². The summed E-state index contributed by atoms with van der Waals surface area (Å²) in [5, 5.41) is 4.42. The number of hydrogen-bond donors (Lipinski definition) is 0. The molecule has 3 heterocycles. The van der Waals surface area contributed by atoms with E-state index in [2.05, 4.69) is 34.9 Å². The van der Waals surface area contributed by atoms with E-state index in [1.165, 1.54) is 17.0 Å². The SMILES string of the molecule is Cc1cc(CN2CCc3nc(C(C)C)ncc3C2)n(C)n1. The van der Waals surface area contributed by atoms with Crippen molar-refractivity contribution in [3.63, 3.8) is 0 Å². The Labute approximate surface area is 126 Å². The maximum atomic E-state index is 4.72. The molecule has 0 fully saturated rings. The summed E-state index contributed by atoms with van der Waals surface area (Å²) in [4.78, 5) is 11.7. The van der Waals surface area contributed by atoms with Crippen LogP contribution in [0, 0.1) is 6.92 Å². The Kier molecular flexibility index (Phi) is 3.76. The largest absolute Gasteiger partial charge is 0.293 e. The van der Waals surface area contributed by atoms with Crippen molar-refractivity contribution >= 4 is 0 Å². The van der Waals surface area contributed by atoms with E-state index < -0.39 is 0 Å². The van der Waals surface area contributed by atoms with E-state index in [0.717, 1.165) is 37.6 Å². The summed E-state index contributed by atoms with van der Waals surface area (Å²) >= 11 is 0. The van der Waals surface area contributed by atoms with E-state index >= 15 is 0 Å². The Morgan fingerprint density at radius 2 is 2.14 bits per heavy atom. The highest BCUT2D eigenvalue weighted by atomic mass is 15.3. The molecule has 2 aromatic heterocycles. The average molecular weight is 285 g/mol. The number of nitrogens with zero attached hydrogens (tertiary/aromatic N) is 5. The Balaban J connectivity index is 1.74. The lowest BCUT2D eigenvalue weighted by molar-refractivity contribution is 0.236. The molecule has 21 heavy (non-hydrogen) atoms. The van der Waals surface area contributed by atoms with Gasteiger partial charge in [0.1, 0.15) is 5.82 Å². The van der Waals surface area contributed by atoms with Crippen LogP contribution in [0.2, 0.25) is 0 Å². The zero-order valence-corrected chi connectivity index (χ0v) is 13.3. The molecule has 5 nitrogen and oxygen atoms in total. The molecule has 1 aliphatic rings. The normalized spacial score (nSPS) is 15.5. The highest BCUT2D eigenvalue weighted by Gasteiger charge is 2.20. The van der Waals surface area contributed by atoms with Crippen molar-refractivity contribution in [2.75, 3.05) is 6.54 Å². The Morgan fingerprint density at radius 3 is 2.81 bits per heavy atom. The van der Waals surface area contributed by atoms with E-state index in [1.807, 2.05) is 24.9 Å². The van der Waals surface area contributed by atoms with Crippen LogP contribution in [-0.2, 0) is 26.6 Å². The third-order valence-electron chi connectivity index (χ3n) is 4.03. The first-order valence-corrected chi connectivity index (χ1v) is 7.59. The molecule has 0 saturated carbocycles. The van der Waals surface area contributed by atoms with Crippen LogP contribution in [-0.4, -0.2) is 31.2 Å². The fourth-order valence-electron chi connectivity index (χ4n) is 2.84. The van der Waals surface area contributed by atoms with Gasteiger partial charge in [0, 0.05) is 56.5 Å². The molecule has 0 unspecified atom stereocenters. The third kappa shape index (κ3) is 2.97. The fraction of sp³-hybridized carbons (Fsp3) is 0.562. The van der Waals surface area contributed by atoms with Crippen molar-refractivity contribution in [3.05, 3.63) is 40.7 Å². The van der Waals surface area contributed by atoms with Gasteiger partial charge >= 0.3 is 0 Å². The quantitative estimate of drug-likeness (QED) is 0.867. The topological polar surface area (TPSA) is 46.8 Å². The van der Waals surface area contributed by atoms with Crippen LogP contribution in [0.25, 0.3) is 0 Å². The molecular weight excluding hydrogens is 262 g/mol. The summed E-state index contributed by atoms with van der Waals surface area (Å²) in [7, 11) is 2.01. The second-order valence-corrected chi connectivity index (χ2v) is 6.22. The van der Waals surface area contributed by atoms with Crippen LogP contribution < -0.4 is 0 Å². The van der Waals surface area contributed by atoms with Gasteiger partial charge < -0.3 is 0 Å². The average Bonchev–Trinajstić information content (AvgIpc) is 2.76. The molecule has 0 N–H and O–H groups in total. The Hall–Kier alpha value is -1.75. The molecule has 3 rings (SSSR count). The van der Waals surface area contributed by atoms with Crippen molar-refractivity contribution in [2.24, 2.45) is 7.05 Å². The minimum Gasteiger partial charge on any atom is -0.293 e. The van der Waals surface area contributed by atoms with Gasteiger partial charge in [-0.3, -0.25) is 9.58 Å². The predicted molar refractivity (Wildman–Crippen MR) is 81.9 cm³/mol. The summed E-state index contributed by atoms with van der Waals surface area (Å²) in [6.07, 6.45) is 3.02. The molecule has 0 amide bonds. The zero-order chi connectivity index (χ0) is 15.0. The van der Waals surface area contributed by atoms with E-state index in [0.29, 0.717) is 5.92 Å². The van der Waals surface area contributed by atoms with Gasteiger partial charge in [0.15, 0.2) is 0 Å². The van der Waals surface area contributed by atoms with Crippen LogP contribution in [0.4, 0.5) is 0 Å². The monoisotopic (exact) mass is 285 g/mol. The number of aryl methyl sites for hydroxylation is 2. The molecule has 112 valence electrons. The van der Waals surface area contributed by atoms with Gasteiger partial charge in [-0.1, -0.05) is 13.8 Å². The van der Waals surface area contributed by atoms with Gasteiger partial charge in [0.25, 0.3) is 0 Å². The molecular formula is C16H23N5. The number of fused-ring (bicyclic) bond motifs is 1. The van der Waals surface area contributed by atoms with Gasteiger partial charge in [-0.15, -0.1) is 0 Å². The van der Waals surface area contributed by atoms with Crippen molar-refractivity contribution in [2.45, 2.75) is 46.2 Å². The Morgan fingerprint density at radius 1 is 1.33 bits per heavy atom. The lowest BCUT2D eigenvalue weighted by Crippen LogP contribution is -2.31. The van der Waals surface area contributed by atoms with Crippen LogP contribution in [0.3, 0.4) is 0 Å². The second kappa shape index (κ2) is 5.56. The summed E-state index contributed by atoms with van der Waals surface area (Å²) in [6.45, 7) is 9.23. The van der Waals surface area contributed by atoms with Gasteiger partial charge in [0.05, 0.1) is 11.4 Å². The molecule has 0 radical (unpaired) electrons. The minimum absolute atomic E-state index is 0.394. The van der Waals surface area contributed by atoms with Crippen LogP contribution in [0.5, 0.6) is 0 Å². The summed E-state index contributed by atoms with van der Waals surface area (Å²) < 4.78 is 1.98. The number of hydrogen-bond acceptors (Lipinski definition) is 4. The molecule has 0 atom stereocenters. The smallest absolute Gasteiger partial charge is 0.131 e. The van der Waals surface area contributed by atoms with E-state index in [9.17, 15) is 0 Å². The van der Waals surface area contributed by atoms with Gasteiger partial charge in [-0.2, -0.15) is 5.10 Å². The maximum Gasteiger partial charge on any atom is 0.131 e. The second-order valence-electron chi connectivity index (χ2n) is 6.22. The van der Waals surface area contributed by atoms with Crippen LogP contribution >= 0.6 is 0 Å². The predicted octanol–water partition coefficient (Wildman–Crippen LogP) is 2.20. The fourth-order valence-corrected chi connectivity index (χ4v) is 2.84. The van der Waals surface area contributed by atoms with Crippen LogP contribution in [0.1, 0.15) is 48.2 Å². The standard InChI is InChI=1S/C16H23N5/c1-11(2)16-17-8-13-9-21(6-5-15(13)18-16)10-14-7-12(3)19-20(14)4/h7-8,11H,5-6,9-10H2,1-4H3. The molecule has 0 aliphatic carbocycles. The lowest BCUT2D eigenvalue weighted by atomic mass is 10.1. The molecule has 0 aromatic carbocycles. The van der Waals surface area contributed by atoms with Gasteiger partial charge in [-0.25, -0.2) is 9.97 Å². The molecule has 0 saturated heterocycles. The first-order chi connectivity index (χ1) is 10.0. The van der Waals surface area contributed by atoms with Gasteiger partial charge in [0.2, 0.25) is 0 Å². The van der Waals surface area contributed by atoms with Crippen molar-refractivity contribution < 1.29 is 0 Å². The maximum absolute atomic E-state index is 4.72. The molecule has 2 aromatic rings. The minimum atomic E-state index is 0.394. The highest BCUT2D eigenvalue weighted by molar-refractivity contribution is 5.21. The summed E-state index contributed by atoms with van der Waals surface area (Å²) in [6, 6.07) is 2.16. The van der Waals surface area contributed by atoms with Crippen molar-refractivity contribution in [1.82, 2.24) is 24.6 Å². The summed E-state index contributed by atoms with van der Waals surface area (Å²) in [5.41, 5.74) is 4.83. The van der Waals surface area contributed by atoms with E-state index in [-0.39, 0.29) is 0 Å². The van der Waals surface area contributed by atoms with Crippen molar-refractivity contribution in [1.29, 1.82) is 0 Å². The van der Waals surface area contributed by atoms with Crippen molar-refractivity contribution in [3.8, 4) is 0 Å². The summed E-state index contributed by atoms with van der Waals surface area (Å²) in [5.74, 6) is 1.36.